The summed E-state index contributed by atoms with van der Waals surface area (Å²) < 4.78 is 0. The molecule has 0 radical (unpaired) electrons. The van der Waals surface area contributed by atoms with E-state index in [0.717, 1.165) is 16.1 Å². The molecule has 1 aliphatic heterocycles. The zero-order chi connectivity index (χ0) is 13.2. The summed E-state index contributed by atoms with van der Waals surface area (Å²) >= 11 is 1.61. The fraction of sp³-hybridized carbons (Fsp3) is 0.143. The molecule has 96 valence electrons. The molecule has 0 saturated carbocycles. The van der Waals surface area contributed by atoms with Crippen LogP contribution >= 0.6 is 11.3 Å². The summed E-state index contributed by atoms with van der Waals surface area (Å²) in [7, 11) is 0. The lowest BCUT2D eigenvalue weighted by atomic mass is 10.1. The van der Waals surface area contributed by atoms with Gasteiger partial charge in [-0.15, -0.1) is 11.3 Å². The Morgan fingerprint density at radius 1 is 1.37 bits per heavy atom. The van der Waals surface area contributed by atoms with Crippen molar-refractivity contribution >= 4 is 28.8 Å². The number of carbonyl (C=O) groups is 2. The Morgan fingerprint density at radius 2 is 2.26 bits per heavy atom. The summed E-state index contributed by atoms with van der Waals surface area (Å²) in [5, 5.41) is 7.60. The van der Waals surface area contributed by atoms with Gasteiger partial charge >= 0.3 is 0 Å². The molecule has 1 aromatic carbocycles. The molecule has 2 amide bonds. The van der Waals surface area contributed by atoms with Gasteiger partial charge in [0.25, 0.3) is 5.91 Å². The van der Waals surface area contributed by atoms with Gasteiger partial charge in [0.1, 0.15) is 0 Å². The predicted octanol–water partition coefficient (Wildman–Crippen LogP) is 2.17. The van der Waals surface area contributed by atoms with E-state index in [1.165, 1.54) is 0 Å². The highest BCUT2D eigenvalue weighted by atomic mass is 32.1. The van der Waals surface area contributed by atoms with Crippen LogP contribution in [0.3, 0.4) is 0 Å². The van der Waals surface area contributed by atoms with E-state index in [1.54, 1.807) is 29.5 Å². The number of fused-ring (bicyclic) bond motifs is 1. The van der Waals surface area contributed by atoms with Gasteiger partial charge in [-0.1, -0.05) is 6.07 Å². The Bertz CT molecular complexity index is 635. The van der Waals surface area contributed by atoms with Gasteiger partial charge in [-0.3, -0.25) is 9.59 Å². The first kappa shape index (κ1) is 11.9. The van der Waals surface area contributed by atoms with Gasteiger partial charge in [-0.05, 0) is 35.2 Å². The standard InChI is InChI=1S/C14H12N2O2S/c17-13-7-10-6-9(3-4-12(10)16-13)14(18)15-8-11-2-1-5-19-11/h1-6H,7-8H2,(H,15,18)(H,16,17). The summed E-state index contributed by atoms with van der Waals surface area (Å²) in [6.45, 7) is 0.533. The van der Waals surface area contributed by atoms with Crippen LogP contribution in [0, 0.1) is 0 Å². The van der Waals surface area contributed by atoms with E-state index in [-0.39, 0.29) is 11.8 Å². The Balaban J connectivity index is 1.70. The Morgan fingerprint density at radius 3 is 3.05 bits per heavy atom. The van der Waals surface area contributed by atoms with Crippen molar-refractivity contribution in [2.45, 2.75) is 13.0 Å². The predicted molar refractivity (Wildman–Crippen MR) is 74.3 cm³/mol. The van der Waals surface area contributed by atoms with Crippen LogP contribution in [0.4, 0.5) is 5.69 Å². The monoisotopic (exact) mass is 272 g/mol. The number of rotatable bonds is 3. The number of nitrogens with one attached hydrogen (secondary N) is 2. The molecule has 0 unspecified atom stereocenters. The number of hydrogen-bond acceptors (Lipinski definition) is 3. The normalized spacial score (nSPS) is 12.9. The first-order valence-electron chi connectivity index (χ1n) is 5.96. The maximum Gasteiger partial charge on any atom is 0.251 e. The molecule has 0 atom stereocenters. The lowest BCUT2D eigenvalue weighted by molar-refractivity contribution is -0.115. The van der Waals surface area contributed by atoms with Gasteiger partial charge in [-0.2, -0.15) is 0 Å². The molecule has 3 rings (SSSR count). The van der Waals surface area contributed by atoms with Crippen LogP contribution < -0.4 is 10.6 Å². The molecule has 0 spiro atoms. The number of thiophene rings is 1. The number of anilines is 1. The number of amides is 2. The minimum Gasteiger partial charge on any atom is -0.347 e. The van der Waals surface area contributed by atoms with Gasteiger partial charge in [0.2, 0.25) is 5.91 Å². The van der Waals surface area contributed by atoms with Crippen molar-refractivity contribution in [1.29, 1.82) is 0 Å². The fourth-order valence-electron chi connectivity index (χ4n) is 2.05. The van der Waals surface area contributed by atoms with E-state index in [0.29, 0.717) is 18.5 Å². The molecule has 1 aromatic heterocycles. The van der Waals surface area contributed by atoms with Crippen LogP contribution in [0.15, 0.2) is 35.7 Å². The number of carbonyl (C=O) groups excluding carboxylic acids is 2. The third-order valence-electron chi connectivity index (χ3n) is 3.00. The van der Waals surface area contributed by atoms with Gasteiger partial charge < -0.3 is 10.6 Å². The second-order valence-electron chi connectivity index (χ2n) is 4.36. The van der Waals surface area contributed by atoms with Crippen LogP contribution in [0.2, 0.25) is 0 Å². The van der Waals surface area contributed by atoms with E-state index in [1.807, 2.05) is 17.5 Å². The van der Waals surface area contributed by atoms with Crippen LogP contribution in [0.5, 0.6) is 0 Å². The van der Waals surface area contributed by atoms with E-state index >= 15 is 0 Å². The minimum atomic E-state index is -0.115. The number of benzene rings is 1. The third kappa shape index (κ3) is 2.51. The summed E-state index contributed by atoms with van der Waals surface area (Å²) in [5.74, 6) is -0.137. The molecule has 2 N–H and O–H groups in total. The van der Waals surface area contributed by atoms with Gasteiger partial charge in [0, 0.05) is 16.1 Å². The van der Waals surface area contributed by atoms with Crippen molar-refractivity contribution in [2.24, 2.45) is 0 Å². The SMILES string of the molecule is O=C1Cc2cc(C(=O)NCc3cccs3)ccc2N1. The average Bonchev–Trinajstić information content (AvgIpc) is 3.02. The number of hydrogen-bond donors (Lipinski definition) is 2. The Kier molecular flexibility index (Phi) is 3.05. The molecular weight excluding hydrogens is 260 g/mol. The van der Waals surface area contributed by atoms with Crippen molar-refractivity contribution in [2.75, 3.05) is 5.32 Å². The highest BCUT2D eigenvalue weighted by Gasteiger charge is 2.18. The Labute approximate surface area is 114 Å². The smallest absolute Gasteiger partial charge is 0.251 e. The average molecular weight is 272 g/mol. The summed E-state index contributed by atoms with van der Waals surface area (Å²) in [6, 6.07) is 9.22. The first-order chi connectivity index (χ1) is 9.22. The molecule has 5 heteroatoms. The van der Waals surface area contributed by atoms with Crippen molar-refractivity contribution < 1.29 is 9.59 Å². The first-order valence-corrected chi connectivity index (χ1v) is 6.84. The second-order valence-corrected chi connectivity index (χ2v) is 5.39. The maximum absolute atomic E-state index is 12.0. The third-order valence-corrected chi connectivity index (χ3v) is 3.87. The van der Waals surface area contributed by atoms with E-state index in [4.69, 9.17) is 0 Å². The quantitative estimate of drug-likeness (QED) is 0.899. The topological polar surface area (TPSA) is 58.2 Å². The van der Waals surface area contributed by atoms with Crippen molar-refractivity contribution in [3.8, 4) is 0 Å². The van der Waals surface area contributed by atoms with E-state index in [9.17, 15) is 9.59 Å². The van der Waals surface area contributed by atoms with Crippen LogP contribution in [-0.2, 0) is 17.8 Å². The molecule has 2 heterocycles. The van der Waals surface area contributed by atoms with Gasteiger partial charge in [0.15, 0.2) is 0 Å². The van der Waals surface area contributed by atoms with Crippen molar-refractivity contribution in [3.05, 3.63) is 51.7 Å². The molecule has 0 bridgehead atoms. The van der Waals surface area contributed by atoms with Gasteiger partial charge in [0.05, 0.1) is 13.0 Å². The zero-order valence-corrected chi connectivity index (χ0v) is 10.9. The molecule has 0 saturated heterocycles. The van der Waals surface area contributed by atoms with Crippen LogP contribution in [0.1, 0.15) is 20.8 Å². The zero-order valence-electron chi connectivity index (χ0n) is 10.1. The summed E-state index contributed by atoms with van der Waals surface area (Å²) in [5.41, 5.74) is 2.28. The second kappa shape index (κ2) is 4.85. The largest absolute Gasteiger partial charge is 0.347 e. The molecule has 4 nitrogen and oxygen atoms in total. The van der Waals surface area contributed by atoms with Crippen LogP contribution in [0.25, 0.3) is 0 Å². The molecule has 19 heavy (non-hydrogen) atoms. The molecule has 0 aliphatic carbocycles. The minimum absolute atomic E-state index is 0.0221. The van der Waals surface area contributed by atoms with Crippen molar-refractivity contribution in [1.82, 2.24) is 5.32 Å². The highest BCUT2D eigenvalue weighted by Crippen LogP contribution is 2.23. The van der Waals surface area contributed by atoms with E-state index in [2.05, 4.69) is 10.6 Å². The summed E-state index contributed by atoms with van der Waals surface area (Å²) in [6.07, 6.45) is 0.349. The maximum atomic E-state index is 12.0. The van der Waals surface area contributed by atoms with Crippen LogP contribution in [-0.4, -0.2) is 11.8 Å². The fourth-order valence-corrected chi connectivity index (χ4v) is 2.70. The lowest BCUT2D eigenvalue weighted by Crippen LogP contribution is -2.22. The highest BCUT2D eigenvalue weighted by molar-refractivity contribution is 7.09. The lowest BCUT2D eigenvalue weighted by Gasteiger charge is -2.05. The molecule has 1 aliphatic rings. The summed E-state index contributed by atoms with van der Waals surface area (Å²) in [4.78, 5) is 24.4. The van der Waals surface area contributed by atoms with Crippen molar-refractivity contribution in [3.63, 3.8) is 0 Å². The molecular formula is C14H12N2O2S. The Hall–Kier alpha value is -2.14. The van der Waals surface area contributed by atoms with E-state index < -0.39 is 0 Å². The van der Waals surface area contributed by atoms with Gasteiger partial charge in [-0.25, -0.2) is 0 Å². The molecule has 0 fully saturated rings. The molecule has 2 aromatic rings.